The molecule has 1 rings (SSSR count). The number of nitrogens with one attached hydrogen (secondary N) is 1. The van der Waals surface area contributed by atoms with Gasteiger partial charge in [0.1, 0.15) is 5.82 Å². The van der Waals surface area contributed by atoms with E-state index in [1.54, 1.807) is 6.08 Å². The summed E-state index contributed by atoms with van der Waals surface area (Å²) in [7, 11) is 0. The second-order valence-corrected chi connectivity index (χ2v) is 2.80. The highest BCUT2D eigenvalue weighted by molar-refractivity contribution is 5.74. The Balaban J connectivity index is 2.69. The largest absolute Gasteiger partial charge is 0.311 e. The Morgan fingerprint density at radius 3 is 2.83 bits per heavy atom. The molecule has 66 valence electrons. The average molecular weight is 168 g/mol. The van der Waals surface area contributed by atoms with Crippen molar-refractivity contribution in [3.05, 3.63) is 23.5 Å². The second-order valence-electron chi connectivity index (χ2n) is 2.80. The first kappa shape index (κ1) is 8.80. The van der Waals surface area contributed by atoms with Crippen LogP contribution in [0.3, 0.4) is 0 Å². The molecule has 4 heteroatoms. The number of hydrogen-bond donors (Lipinski definition) is 2. The van der Waals surface area contributed by atoms with Crippen LogP contribution in [0.5, 0.6) is 0 Å². The van der Waals surface area contributed by atoms with Crippen LogP contribution >= 0.6 is 0 Å². The smallest absolute Gasteiger partial charge is 0.222 e. The van der Waals surface area contributed by atoms with Crippen molar-refractivity contribution in [2.24, 2.45) is 0 Å². The van der Waals surface area contributed by atoms with E-state index in [1.807, 2.05) is 13.0 Å². The van der Waals surface area contributed by atoms with Crippen LogP contribution in [0.25, 0.3) is 0 Å². The van der Waals surface area contributed by atoms with Gasteiger partial charge in [-0.15, -0.1) is 0 Å². The standard InChI is InChI=1S/C8H12N2O2/c1-6-3-4-8(9-7(2)11)10(12)5-6/h3-4,12H,5H2,1-2H3,(H,9,11). The maximum Gasteiger partial charge on any atom is 0.222 e. The summed E-state index contributed by atoms with van der Waals surface area (Å²) in [5, 5.41) is 12.8. The molecule has 2 N–H and O–H groups in total. The number of carbonyl (C=O) groups is 1. The maximum atomic E-state index is 10.6. The summed E-state index contributed by atoms with van der Waals surface area (Å²) in [5.74, 6) is 0.237. The number of hydrogen-bond acceptors (Lipinski definition) is 3. The Morgan fingerprint density at radius 2 is 2.33 bits per heavy atom. The summed E-state index contributed by atoms with van der Waals surface area (Å²) < 4.78 is 0. The SMILES string of the molecule is CC(=O)NC1=CC=C(C)CN1O. The van der Waals surface area contributed by atoms with Gasteiger partial charge in [0, 0.05) is 6.92 Å². The monoisotopic (exact) mass is 168 g/mol. The second kappa shape index (κ2) is 3.40. The lowest BCUT2D eigenvalue weighted by molar-refractivity contribution is -0.121. The first-order valence-corrected chi connectivity index (χ1v) is 3.71. The predicted molar refractivity (Wildman–Crippen MR) is 44.1 cm³/mol. The van der Waals surface area contributed by atoms with Crippen molar-refractivity contribution in [1.82, 2.24) is 10.4 Å². The molecule has 1 amide bonds. The Kier molecular flexibility index (Phi) is 2.50. The van der Waals surface area contributed by atoms with Crippen LogP contribution in [-0.2, 0) is 4.79 Å². The van der Waals surface area contributed by atoms with Crippen molar-refractivity contribution in [3.63, 3.8) is 0 Å². The summed E-state index contributed by atoms with van der Waals surface area (Å²) >= 11 is 0. The van der Waals surface area contributed by atoms with Gasteiger partial charge in [0.25, 0.3) is 0 Å². The molecule has 12 heavy (non-hydrogen) atoms. The van der Waals surface area contributed by atoms with Crippen molar-refractivity contribution < 1.29 is 10.0 Å². The van der Waals surface area contributed by atoms with Crippen molar-refractivity contribution in [2.45, 2.75) is 13.8 Å². The predicted octanol–water partition coefficient (Wildman–Crippen LogP) is 0.615. The van der Waals surface area contributed by atoms with Crippen molar-refractivity contribution in [2.75, 3.05) is 6.54 Å². The normalized spacial score (nSPS) is 16.8. The van der Waals surface area contributed by atoms with Gasteiger partial charge in [-0.25, -0.2) is 5.06 Å². The van der Waals surface area contributed by atoms with Gasteiger partial charge in [-0.2, -0.15) is 0 Å². The van der Waals surface area contributed by atoms with Crippen LogP contribution in [0.1, 0.15) is 13.8 Å². The molecule has 1 heterocycles. The van der Waals surface area contributed by atoms with Gasteiger partial charge >= 0.3 is 0 Å². The van der Waals surface area contributed by atoms with E-state index in [0.29, 0.717) is 12.4 Å². The van der Waals surface area contributed by atoms with Crippen LogP contribution in [0.15, 0.2) is 23.5 Å². The molecule has 0 saturated heterocycles. The van der Waals surface area contributed by atoms with Crippen molar-refractivity contribution in [3.8, 4) is 0 Å². The van der Waals surface area contributed by atoms with Gasteiger partial charge in [-0.3, -0.25) is 10.0 Å². The Bertz CT molecular complexity index is 256. The molecule has 0 atom stereocenters. The van der Waals surface area contributed by atoms with Crippen LogP contribution in [0.2, 0.25) is 0 Å². The van der Waals surface area contributed by atoms with Gasteiger partial charge in [0.2, 0.25) is 5.91 Å². The lowest BCUT2D eigenvalue weighted by Gasteiger charge is -2.23. The molecule has 1 aliphatic heterocycles. The van der Waals surface area contributed by atoms with E-state index in [9.17, 15) is 10.0 Å². The lowest BCUT2D eigenvalue weighted by atomic mass is 10.2. The summed E-state index contributed by atoms with van der Waals surface area (Å²) in [5.41, 5.74) is 1.05. The van der Waals surface area contributed by atoms with Gasteiger partial charge in [0.05, 0.1) is 6.54 Å². The number of rotatable bonds is 1. The van der Waals surface area contributed by atoms with E-state index in [-0.39, 0.29) is 5.91 Å². The van der Waals surface area contributed by atoms with Gasteiger partial charge in [-0.1, -0.05) is 11.6 Å². The molecule has 0 bridgehead atoms. The molecule has 0 aromatic carbocycles. The minimum atomic E-state index is -0.187. The van der Waals surface area contributed by atoms with Crippen LogP contribution in [0.4, 0.5) is 0 Å². The number of allylic oxidation sites excluding steroid dienone is 2. The topological polar surface area (TPSA) is 52.6 Å². The molecule has 0 aromatic heterocycles. The quantitative estimate of drug-likeness (QED) is 0.603. The summed E-state index contributed by atoms with van der Waals surface area (Å²) in [4.78, 5) is 10.6. The molecule has 0 radical (unpaired) electrons. The van der Waals surface area contributed by atoms with E-state index < -0.39 is 0 Å². The minimum Gasteiger partial charge on any atom is -0.311 e. The van der Waals surface area contributed by atoms with Crippen molar-refractivity contribution in [1.29, 1.82) is 0 Å². The van der Waals surface area contributed by atoms with Crippen molar-refractivity contribution >= 4 is 5.91 Å². The minimum absolute atomic E-state index is 0.187. The third-order valence-electron chi connectivity index (χ3n) is 1.51. The molecule has 0 aromatic rings. The third-order valence-corrected chi connectivity index (χ3v) is 1.51. The van der Waals surface area contributed by atoms with Gasteiger partial charge in [0.15, 0.2) is 0 Å². The fraction of sp³-hybridized carbons (Fsp3) is 0.375. The molecule has 1 aliphatic rings. The molecule has 0 aliphatic carbocycles. The number of carbonyl (C=O) groups excluding carboxylic acids is 1. The summed E-state index contributed by atoms with van der Waals surface area (Å²) in [6, 6.07) is 0. The summed E-state index contributed by atoms with van der Waals surface area (Å²) in [6.07, 6.45) is 3.53. The fourth-order valence-corrected chi connectivity index (χ4v) is 0.968. The highest BCUT2D eigenvalue weighted by Crippen LogP contribution is 2.08. The molecule has 0 saturated carbocycles. The number of nitrogens with zero attached hydrogens (tertiary/aromatic N) is 1. The zero-order valence-electron chi connectivity index (χ0n) is 7.16. The van der Waals surface area contributed by atoms with E-state index in [2.05, 4.69) is 5.32 Å². The molecular formula is C8H12N2O2. The van der Waals surface area contributed by atoms with E-state index >= 15 is 0 Å². The highest BCUT2D eigenvalue weighted by atomic mass is 16.5. The number of hydroxylamine groups is 2. The van der Waals surface area contributed by atoms with Crippen LogP contribution in [0, 0.1) is 0 Å². The van der Waals surface area contributed by atoms with E-state index in [0.717, 1.165) is 10.6 Å². The van der Waals surface area contributed by atoms with Gasteiger partial charge < -0.3 is 5.32 Å². The Morgan fingerprint density at radius 1 is 1.67 bits per heavy atom. The third kappa shape index (κ3) is 2.10. The average Bonchev–Trinajstić information content (AvgIpc) is 1.94. The van der Waals surface area contributed by atoms with E-state index in [1.165, 1.54) is 6.92 Å². The van der Waals surface area contributed by atoms with Crippen LogP contribution < -0.4 is 5.32 Å². The maximum absolute atomic E-state index is 10.6. The van der Waals surface area contributed by atoms with Gasteiger partial charge in [-0.05, 0) is 13.0 Å². The molecular weight excluding hydrogens is 156 g/mol. The van der Waals surface area contributed by atoms with Crippen LogP contribution in [-0.4, -0.2) is 22.7 Å². The molecule has 0 unspecified atom stereocenters. The fourth-order valence-electron chi connectivity index (χ4n) is 0.968. The summed E-state index contributed by atoms with van der Waals surface area (Å²) in [6.45, 7) is 3.75. The van der Waals surface area contributed by atoms with E-state index in [4.69, 9.17) is 0 Å². The first-order valence-electron chi connectivity index (χ1n) is 3.71. The molecule has 0 spiro atoms. The molecule has 4 nitrogen and oxygen atoms in total. The molecule has 0 fully saturated rings. The lowest BCUT2D eigenvalue weighted by Crippen LogP contribution is -2.34. The zero-order chi connectivity index (χ0) is 9.14. The Hall–Kier alpha value is -1.29. The highest BCUT2D eigenvalue weighted by Gasteiger charge is 2.11. The first-order chi connectivity index (χ1) is 5.59. The number of amides is 1. The Labute approximate surface area is 71.1 Å². The zero-order valence-corrected chi connectivity index (χ0v) is 7.16.